The van der Waals surface area contributed by atoms with Crippen LogP contribution in [-0.4, -0.2) is 21.7 Å². The molecule has 16 heavy (non-hydrogen) atoms. The first-order valence-electron chi connectivity index (χ1n) is 4.73. The van der Waals surface area contributed by atoms with Gasteiger partial charge in [-0.15, -0.1) is 5.12 Å². The van der Waals surface area contributed by atoms with Crippen LogP contribution < -0.4 is 10.5 Å². The summed E-state index contributed by atoms with van der Waals surface area (Å²) >= 11 is 2.07. The molecule has 6 nitrogen and oxygen atoms in total. The normalized spacial score (nSPS) is 10.3. The molecule has 0 atom stereocenters. The maximum absolute atomic E-state index is 11.5. The van der Waals surface area contributed by atoms with Crippen molar-refractivity contribution in [3.63, 3.8) is 0 Å². The molecule has 1 rings (SSSR count). The summed E-state index contributed by atoms with van der Waals surface area (Å²) in [7, 11) is 0. The Morgan fingerprint density at radius 2 is 2.19 bits per heavy atom. The molecule has 7 heteroatoms. The molecule has 0 aromatic carbocycles. The van der Waals surface area contributed by atoms with Gasteiger partial charge in [0.1, 0.15) is 0 Å². The van der Waals surface area contributed by atoms with E-state index in [0.29, 0.717) is 0 Å². The summed E-state index contributed by atoms with van der Waals surface area (Å²) in [5.74, 6) is -0.745. The van der Waals surface area contributed by atoms with E-state index < -0.39 is 0 Å². The molecular weight excluding hydrogens is 323 g/mol. The first-order chi connectivity index (χ1) is 7.41. The van der Waals surface area contributed by atoms with Gasteiger partial charge in [-0.1, -0.05) is 13.8 Å². The number of carbonyl (C=O) groups excluding carboxylic acids is 2. The van der Waals surface area contributed by atoms with E-state index in [1.807, 2.05) is 0 Å². The molecule has 0 aliphatic heterocycles. The Labute approximate surface area is 107 Å². The van der Waals surface area contributed by atoms with Crippen LogP contribution in [0.15, 0.2) is 12.4 Å². The van der Waals surface area contributed by atoms with Gasteiger partial charge in [-0.3, -0.25) is 9.59 Å². The molecular formula is C9H13IN4O2. The number of rotatable bonds is 2. The summed E-state index contributed by atoms with van der Waals surface area (Å²) < 4.78 is 0.877. The second-order valence-electron chi connectivity index (χ2n) is 3.54. The van der Waals surface area contributed by atoms with Crippen molar-refractivity contribution in [2.24, 2.45) is 5.92 Å². The molecule has 0 radical (unpaired) electrons. The van der Waals surface area contributed by atoms with E-state index in [9.17, 15) is 9.59 Å². The summed E-state index contributed by atoms with van der Waals surface area (Å²) in [6.07, 6.45) is 3.24. The van der Waals surface area contributed by atoms with E-state index in [1.165, 1.54) is 11.7 Å². The van der Waals surface area contributed by atoms with E-state index in [4.69, 9.17) is 0 Å². The van der Waals surface area contributed by atoms with Crippen molar-refractivity contribution >= 4 is 34.4 Å². The van der Waals surface area contributed by atoms with Crippen LogP contribution >= 0.6 is 22.6 Å². The minimum atomic E-state index is -0.312. The van der Waals surface area contributed by atoms with Crippen LogP contribution in [0.5, 0.6) is 0 Å². The van der Waals surface area contributed by atoms with Crippen LogP contribution in [0.4, 0.5) is 0 Å². The van der Waals surface area contributed by atoms with Crippen molar-refractivity contribution < 1.29 is 9.59 Å². The van der Waals surface area contributed by atoms with Gasteiger partial charge in [-0.05, 0) is 22.6 Å². The number of hydrazine groups is 1. The zero-order valence-corrected chi connectivity index (χ0v) is 11.4. The number of nitrogens with zero attached hydrogens (tertiary/aromatic N) is 3. The van der Waals surface area contributed by atoms with E-state index in [1.54, 1.807) is 26.2 Å². The number of halogens is 1. The third kappa shape index (κ3) is 3.19. The lowest BCUT2D eigenvalue weighted by molar-refractivity contribution is -0.129. The fourth-order valence-electron chi connectivity index (χ4n) is 0.908. The lowest BCUT2D eigenvalue weighted by Gasteiger charge is -2.21. The molecule has 0 spiro atoms. The van der Waals surface area contributed by atoms with Gasteiger partial charge in [0, 0.05) is 12.8 Å². The summed E-state index contributed by atoms with van der Waals surface area (Å²) in [6.45, 7) is 4.86. The van der Waals surface area contributed by atoms with Crippen LogP contribution in [0, 0.1) is 9.49 Å². The molecule has 1 heterocycles. The van der Waals surface area contributed by atoms with Gasteiger partial charge in [0.05, 0.1) is 16.0 Å². The monoisotopic (exact) mass is 336 g/mol. The van der Waals surface area contributed by atoms with Gasteiger partial charge < -0.3 is 0 Å². The summed E-state index contributed by atoms with van der Waals surface area (Å²) in [4.78, 5) is 24.1. The lowest BCUT2D eigenvalue weighted by Crippen LogP contribution is -2.53. The van der Waals surface area contributed by atoms with Crippen molar-refractivity contribution in [2.45, 2.75) is 20.8 Å². The smallest absolute Gasteiger partial charge is 0.259 e. The highest BCUT2D eigenvalue weighted by Crippen LogP contribution is 2.01. The fourth-order valence-corrected chi connectivity index (χ4v) is 1.28. The molecule has 0 saturated carbocycles. The molecule has 0 fully saturated rings. The average Bonchev–Trinajstić information content (AvgIpc) is 2.59. The predicted molar refractivity (Wildman–Crippen MR) is 66.8 cm³/mol. The van der Waals surface area contributed by atoms with Gasteiger partial charge in [-0.25, -0.2) is 5.43 Å². The van der Waals surface area contributed by atoms with Crippen LogP contribution in [0.3, 0.4) is 0 Å². The molecule has 0 unspecified atom stereocenters. The highest BCUT2D eigenvalue weighted by Gasteiger charge is 2.17. The van der Waals surface area contributed by atoms with Crippen molar-refractivity contribution in [1.29, 1.82) is 0 Å². The third-order valence-corrected chi connectivity index (χ3v) is 2.34. The van der Waals surface area contributed by atoms with Gasteiger partial charge in [-0.2, -0.15) is 9.89 Å². The molecule has 1 N–H and O–H groups in total. The Balaban J connectivity index is 2.84. The molecule has 0 aliphatic carbocycles. The van der Waals surface area contributed by atoms with Crippen molar-refractivity contribution in [3.05, 3.63) is 16.0 Å². The summed E-state index contributed by atoms with van der Waals surface area (Å²) in [5.41, 5.74) is 2.49. The lowest BCUT2D eigenvalue weighted by atomic mass is 10.2. The highest BCUT2D eigenvalue weighted by atomic mass is 127. The topological polar surface area (TPSA) is 67.2 Å². The quantitative estimate of drug-likeness (QED) is 0.637. The maximum Gasteiger partial charge on any atom is 0.259 e. The minimum Gasteiger partial charge on any atom is -0.273 e. The zero-order valence-electron chi connectivity index (χ0n) is 9.27. The SMILES string of the molecule is CC(=O)N(NC(=O)C(C)C)n1cc(I)cn1. The fraction of sp³-hybridized carbons (Fsp3) is 0.444. The molecule has 0 bridgehead atoms. The molecule has 2 amide bonds. The van der Waals surface area contributed by atoms with Gasteiger partial charge in [0.15, 0.2) is 0 Å². The number of aromatic nitrogens is 2. The van der Waals surface area contributed by atoms with Crippen molar-refractivity contribution in [3.8, 4) is 0 Å². The number of amides is 2. The first kappa shape index (κ1) is 12.9. The van der Waals surface area contributed by atoms with E-state index in [2.05, 4.69) is 33.1 Å². The summed E-state index contributed by atoms with van der Waals surface area (Å²) in [5, 5.41) is 5.02. The molecule has 1 aromatic rings. The van der Waals surface area contributed by atoms with E-state index in [0.717, 1.165) is 8.69 Å². The van der Waals surface area contributed by atoms with E-state index in [-0.39, 0.29) is 17.7 Å². The number of hydrogen-bond acceptors (Lipinski definition) is 3. The van der Waals surface area contributed by atoms with Gasteiger partial charge in [0.2, 0.25) is 5.91 Å². The zero-order chi connectivity index (χ0) is 12.3. The van der Waals surface area contributed by atoms with Gasteiger partial charge in [0.25, 0.3) is 5.91 Å². The molecule has 88 valence electrons. The van der Waals surface area contributed by atoms with Gasteiger partial charge >= 0.3 is 0 Å². The second-order valence-corrected chi connectivity index (χ2v) is 4.79. The predicted octanol–water partition coefficient (Wildman–Crippen LogP) is 0.659. The van der Waals surface area contributed by atoms with Crippen molar-refractivity contribution in [1.82, 2.24) is 15.3 Å². The first-order valence-corrected chi connectivity index (χ1v) is 5.81. The maximum atomic E-state index is 11.5. The van der Waals surface area contributed by atoms with Crippen LogP contribution in [0.2, 0.25) is 0 Å². The number of nitrogens with one attached hydrogen (secondary N) is 1. The Bertz CT molecular complexity index is 402. The van der Waals surface area contributed by atoms with E-state index >= 15 is 0 Å². The third-order valence-electron chi connectivity index (χ3n) is 1.78. The van der Waals surface area contributed by atoms with Crippen LogP contribution in [-0.2, 0) is 9.59 Å². The van der Waals surface area contributed by atoms with Crippen molar-refractivity contribution in [2.75, 3.05) is 5.12 Å². The Hall–Kier alpha value is -1.12. The summed E-state index contributed by atoms with van der Waals surface area (Å²) in [6, 6.07) is 0. The van der Waals surface area contributed by atoms with Crippen LogP contribution in [0.25, 0.3) is 0 Å². The standard InChI is InChI=1S/C9H13IN4O2/c1-6(2)9(16)12-14(7(3)15)13-5-8(10)4-11-13/h4-6H,1-3H3,(H,12,16). The Morgan fingerprint density at radius 1 is 1.56 bits per heavy atom. The Morgan fingerprint density at radius 3 is 2.56 bits per heavy atom. The molecule has 0 aliphatic rings. The largest absolute Gasteiger partial charge is 0.273 e. The highest BCUT2D eigenvalue weighted by molar-refractivity contribution is 14.1. The second kappa shape index (κ2) is 5.28. The average molecular weight is 336 g/mol. The van der Waals surface area contributed by atoms with Crippen LogP contribution in [0.1, 0.15) is 20.8 Å². The number of carbonyl (C=O) groups is 2. The Kier molecular flexibility index (Phi) is 4.27. The number of hydrogen-bond donors (Lipinski definition) is 1. The molecule has 0 saturated heterocycles. The minimum absolute atomic E-state index is 0.198. The molecule has 1 aromatic heterocycles.